The summed E-state index contributed by atoms with van der Waals surface area (Å²) in [6, 6.07) is 7.35. The highest BCUT2D eigenvalue weighted by molar-refractivity contribution is 6.30. The van der Waals surface area contributed by atoms with Crippen LogP contribution in [0.2, 0.25) is 5.02 Å². The molecule has 0 amide bonds. The average molecular weight is 413 g/mol. The molecular weight excluding hydrogens is 391 g/mol. The van der Waals surface area contributed by atoms with Crippen molar-refractivity contribution in [3.8, 4) is 0 Å². The molecule has 1 aromatic carbocycles. The predicted molar refractivity (Wildman–Crippen MR) is 113 cm³/mol. The van der Waals surface area contributed by atoms with Gasteiger partial charge in [0.15, 0.2) is 11.6 Å². The van der Waals surface area contributed by atoms with Gasteiger partial charge in [0.05, 0.1) is 16.7 Å². The van der Waals surface area contributed by atoms with Crippen LogP contribution in [-0.2, 0) is 6.54 Å². The minimum atomic E-state index is -0.375. The van der Waals surface area contributed by atoms with E-state index in [-0.39, 0.29) is 10.8 Å². The van der Waals surface area contributed by atoms with Gasteiger partial charge in [-0.05, 0) is 36.6 Å². The first kappa shape index (κ1) is 18.5. The second-order valence-electron chi connectivity index (χ2n) is 7.69. The Morgan fingerprint density at radius 1 is 1.07 bits per heavy atom. The third kappa shape index (κ3) is 4.11. The molecule has 0 radical (unpaired) electrons. The van der Waals surface area contributed by atoms with Crippen LogP contribution >= 0.6 is 11.6 Å². The highest BCUT2D eigenvalue weighted by atomic mass is 35.5. The first-order chi connectivity index (χ1) is 14.2. The lowest BCUT2D eigenvalue weighted by Crippen LogP contribution is -2.46. The van der Waals surface area contributed by atoms with Crippen molar-refractivity contribution in [2.24, 2.45) is 0 Å². The fourth-order valence-corrected chi connectivity index (χ4v) is 3.85. The Morgan fingerprint density at radius 3 is 2.66 bits per heavy atom. The van der Waals surface area contributed by atoms with E-state index in [4.69, 9.17) is 21.6 Å². The van der Waals surface area contributed by atoms with E-state index >= 15 is 0 Å². The van der Waals surface area contributed by atoms with Crippen LogP contribution in [0.1, 0.15) is 18.4 Å². The largest absolute Gasteiger partial charge is 0.364 e. The Bertz CT molecular complexity index is 1030. The second kappa shape index (κ2) is 7.72. The van der Waals surface area contributed by atoms with Crippen LogP contribution in [0.25, 0.3) is 11.0 Å². The highest BCUT2D eigenvalue weighted by Gasteiger charge is 2.27. The van der Waals surface area contributed by atoms with Gasteiger partial charge in [0.2, 0.25) is 0 Å². The van der Waals surface area contributed by atoms with Crippen LogP contribution in [0.5, 0.6) is 0 Å². The number of benzene rings is 1. The van der Waals surface area contributed by atoms with Gasteiger partial charge in [-0.2, -0.15) is 0 Å². The summed E-state index contributed by atoms with van der Waals surface area (Å²) in [5.74, 6) is 1.40. The Balaban J connectivity index is 1.32. The Morgan fingerprint density at radius 2 is 1.90 bits per heavy atom. The van der Waals surface area contributed by atoms with Gasteiger partial charge in [0.25, 0.3) is 0 Å². The van der Waals surface area contributed by atoms with E-state index < -0.39 is 0 Å². The Hall–Kier alpha value is -2.51. The maximum atomic E-state index is 13.4. The summed E-state index contributed by atoms with van der Waals surface area (Å²) in [4.78, 5) is 18.5. The summed E-state index contributed by atoms with van der Waals surface area (Å²) >= 11 is 5.92. The van der Waals surface area contributed by atoms with Crippen LogP contribution in [0.15, 0.2) is 36.7 Å². The number of piperazine rings is 1. The molecule has 0 bridgehead atoms. The molecule has 2 fully saturated rings. The number of nitrogens with one attached hydrogen (secondary N) is 1. The first-order valence-corrected chi connectivity index (χ1v) is 10.3. The normalized spacial score (nSPS) is 17.7. The zero-order valence-corrected chi connectivity index (χ0v) is 16.7. The summed E-state index contributed by atoms with van der Waals surface area (Å²) in [6.45, 7) is 4.26. The van der Waals surface area contributed by atoms with E-state index in [9.17, 15) is 4.39 Å². The lowest BCUT2D eigenvalue weighted by Gasteiger charge is -2.36. The van der Waals surface area contributed by atoms with Crippen molar-refractivity contribution in [1.82, 2.24) is 19.9 Å². The molecule has 1 saturated carbocycles. The number of halogens is 2. The summed E-state index contributed by atoms with van der Waals surface area (Å²) < 4.78 is 13.4. The molecule has 1 saturated heterocycles. The van der Waals surface area contributed by atoms with Gasteiger partial charge in [-0.1, -0.05) is 17.7 Å². The molecule has 0 unspecified atom stereocenters. The van der Waals surface area contributed by atoms with Crippen molar-refractivity contribution in [1.29, 1.82) is 0 Å². The molecule has 1 N–H and O–H groups in total. The summed E-state index contributed by atoms with van der Waals surface area (Å²) in [5, 5.41) is 3.71. The van der Waals surface area contributed by atoms with Crippen molar-refractivity contribution in [3.05, 3.63) is 53.1 Å². The molecule has 2 aliphatic rings. The van der Waals surface area contributed by atoms with Gasteiger partial charge in [-0.25, -0.2) is 14.4 Å². The predicted octanol–water partition coefficient (Wildman–Crippen LogP) is 3.71. The van der Waals surface area contributed by atoms with Crippen LogP contribution in [0.4, 0.5) is 16.0 Å². The zero-order chi connectivity index (χ0) is 19.8. The number of nitrogens with zero attached hydrogens (tertiary/aromatic N) is 5. The van der Waals surface area contributed by atoms with Crippen molar-refractivity contribution in [3.63, 3.8) is 0 Å². The Kier molecular flexibility index (Phi) is 4.93. The number of hydrogen-bond donors (Lipinski definition) is 1. The number of fused-ring (bicyclic) bond motifs is 1. The van der Waals surface area contributed by atoms with E-state index in [1.54, 1.807) is 24.5 Å². The van der Waals surface area contributed by atoms with Gasteiger partial charge in [0.1, 0.15) is 11.3 Å². The standard InChI is InChI=1S/C21H22ClFN6/c22-16-11-14(1-4-17(16)23)13-28-7-9-29(10-8-28)21-20(25-15-2-3-15)26-18-5-6-24-12-19(18)27-21/h1,4-6,11-12,15H,2-3,7-10,13H2,(H,25,26). The maximum absolute atomic E-state index is 13.4. The summed E-state index contributed by atoms with van der Waals surface area (Å²) in [6.07, 6.45) is 5.88. The molecule has 5 rings (SSSR count). The second-order valence-corrected chi connectivity index (χ2v) is 8.10. The average Bonchev–Trinajstić information content (AvgIpc) is 3.55. The lowest BCUT2D eigenvalue weighted by molar-refractivity contribution is 0.249. The number of rotatable bonds is 5. The zero-order valence-electron chi connectivity index (χ0n) is 16.0. The monoisotopic (exact) mass is 412 g/mol. The van der Waals surface area contributed by atoms with Crippen LogP contribution < -0.4 is 10.2 Å². The third-order valence-electron chi connectivity index (χ3n) is 5.43. The Labute approximate surface area is 173 Å². The van der Waals surface area contributed by atoms with Gasteiger partial charge < -0.3 is 10.2 Å². The quantitative estimate of drug-likeness (QED) is 0.689. The SMILES string of the molecule is Fc1ccc(CN2CCN(c3nc4cnccc4nc3NC3CC3)CC2)cc1Cl. The van der Waals surface area contributed by atoms with Crippen LogP contribution in [-0.4, -0.2) is 52.1 Å². The van der Waals surface area contributed by atoms with E-state index in [0.717, 1.165) is 61.0 Å². The molecule has 1 aliphatic heterocycles. The number of aromatic nitrogens is 3. The molecule has 0 atom stereocenters. The molecular formula is C21H22ClFN6. The van der Waals surface area contributed by atoms with Crippen LogP contribution in [0.3, 0.4) is 0 Å². The molecule has 0 spiro atoms. The van der Waals surface area contributed by atoms with Gasteiger partial charge >= 0.3 is 0 Å². The smallest absolute Gasteiger partial charge is 0.172 e. The first-order valence-electron chi connectivity index (χ1n) is 9.95. The van der Waals surface area contributed by atoms with Crippen LogP contribution in [0, 0.1) is 5.82 Å². The molecule has 3 heterocycles. The molecule has 29 heavy (non-hydrogen) atoms. The molecule has 3 aromatic rings. The molecule has 150 valence electrons. The highest BCUT2D eigenvalue weighted by Crippen LogP contribution is 2.31. The number of pyridine rings is 1. The summed E-state index contributed by atoms with van der Waals surface area (Å²) in [5.41, 5.74) is 2.70. The minimum Gasteiger partial charge on any atom is -0.364 e. The number of anilines is 2. The molecule has 6 nitrogen and oxygen atoms in total. The van der Waals surface area contributed by atoms with E-state index in [0.29, 0.717) is 6.04 Å². The maximum Gasteiger partial charge on any atom is 0.172 e. The van der Waals surface area contributed by atoms with Gasteiger partial charge in [-0.15, -0.1) is 0 Å². The van der Waals surface area contributed by atoms with Gasteiger partial charge in [-0.3, -0.25) is 9.88 Å². The van der Waals surface area contributed by atoms with Crippen molar-refractivity contribution in [2.75, 3.05) is 36.4 Å². The van der Waals surface area contributed by atoms with E-state index in [1.807, 2.05) is 6.07 Å². The molecule has 1 aliphatic carbocycles. The minimum absolute atomic E-state index is 0.178. The number of hydrogen-bond acceptors (Lipinski definition) is 6. The fourth-order valence-electron chi connectivity index (χ4n) is 3.65. The van der Waals surface area contributed by atoms with Crippen molar-refractivity contribution in [2.45, 2.75) is 25.4 Å². The van der Waals surface area contributed by atoms with E-state index in [1.165, 1.54) is 18.9 Å². The van der Waals surface area contributed by atoms with Crippen molar-refractivity contribution < 1.29 is 4.39 Å². The van der Waals surface area contributed by atoms with Gasteiger partial charge in [0, 0.05) is 45.0 Å². The molecule has 8 heteroatoms. The topological polar surface area (TPSA) is 57.2 Å². The fraction of sp³-hybridized carbons (Fsp3) is 0.381. The van der Waals surface area contributed by atoms with E-state index in [2.05, 4.69) is 20.1 Å². The lowest BCUT2D eigenvalue weighted by atomic mass is 10.2. The third-order valence-corrected chi connectivity index (χ3v) is 5.72. The van der Waals surface area contributed by atoms with Crippen molar-refractivity contribution >= 4 is 34.3 Å². The molecule has 2 aromatic heterocycles. The summed E-state index contributed by atoms with van der Waals surface area (Å²) in [7, 11) is 0.